The molecule has 0 aliphatic heterocycles. The molecule has 0 radical (unpaired) electrons. The number of fused-ring (bicyclic) bond motifs is 1. The fourth-order valence-corrected chi connectivity index (χ4v) is 3.47. The molecule has 2 aromatic heterocycles. The smallest absolute Gasteiger partial charge is 0.192 e. The van der Waals surface area contributed by atoms with Crippen LogP contribution in [-0.2, 0) is 4.43 Å². The zero-order valence-electron chi connectivity index (χ0n) is 15.5. The Balaban J connectivity index is 1.82. The molecule has 25 heavy (non-hydrogen) atoms. The number of rotatable bonds is 4. The van der Waals surface area contributed by atoms with E-state index in [0.29, 0.717) is 23.6 Å². The number of nitrogen functional groups attached to an aromatic ring is 1. The van der Waals surface area contributed by atoms with Gasteiger partial charge >= 0.3 is 0 Å². The van der Waals surface area contributed by atoms with E-state index >= 15 is 0 Å². The molecule has 2 heterocycles. The molecule has 1 aliphatic rings. The van der Waals surface area contributed by atoms with Gasteiger partial charge in [0.2, 0.25) is 0 Å². The highest BCUT2D eigenvalue weighted by Crippen LogP contribution is 2.53. The zero-order valence-corrected chi connectivity index (χ0v) is 16.5. The summed E-state index contributed by atoms with van der Waals surface area (Å²) in [5.74, 6) is 3.31. The Morgan fingerprint density at radius 1 is 1.40 bits per heavy atom. The van der Waals surface area contributed by atoms with Crippen LogP contribution in [0.1, 0.15) is 27.2 Å². The number of hydrogen-bond donors (Lipinski definition) is 1. The normalized spacial score (nSPS) is 22.3. The Labute approximate surface area is 149 Å². The minimum Gasteiger partial charge on any atom is -0.415 e. The molecule has 0 bridgehead atoms. The Bertz CT molecular complexity index is 887. The summed E-state index contributed by atoms with van der Waals surface area (Å²) in [6.07, 6.45) is 11.8. The van der Waals surface area contributed by atoms with Crippen LogP contribution in [0.5, 0.6) is 0 Å². The van der Waals surface area contributed by atoms with Gasteiger partial charge in [-0.2, -0.15) is 0 Å². The van der Waals surface area contributed by atoms with Gasteiger partial charge in [0.1, 0.15) is 12.7 Å². The number of anilines is 1. The fourth-order valence-electron chi connectivity index (χ4n) is 2.43. The van der Waals surface area contributed by atoms with Gasteiger partial charge in [-0.25, -0.2) is 15.0 Å². The summed E-state index contributed by atoms with van der Waals surface area (Å²) < 4.78 is 8.21. The molecule has 1 fully saturated rings. The first kappa shape index (κ1) is 17.6. The van der Waals surface area contributed by atoms with Crippen molar-refractivity contribution >= 4 is 31.5 Å². The van der Waals surface area contributed by atoms with Gasteiger partial charge < -0.3 is 10.2 Å². The largest absolute Gasteiger partial charge is 0.415 e. The van der Waals surface area contributed by atoms with Crippen molar-refractivity contribution < 1.29 is 4.43 Å². The summed E-state index contributed by atoms with van der Waals surface area (Å²) in [7, 11) is -1.83. The predicted octanol–water partition coefficient (Wildman–Crippen LogP) is 3.29. The van der Waals surface area contributed by atoms with Gasteiger partial charge in [-0.15, -0.1) is 6.42 Å². The highest BCUT2D eigenvalue weighted by molar-refractivity contribution is 6.74. The maximum absolute atomic E-state index is 6.35. The lowest BCUT2D eigenvalue weighted by molar-refractivity contribution is 0.252. The number of terminal acetylenes is 1. The van der Waals surface area contributed by atoms with Crippen molar-refractivity contribution in [2.45, 2.75) is 45.3 Å². The first-order valence-electron chi connectivity index (χ1n) is 8.35. The van der Waals surface area contributed by atoms with Crippen molar-refractivity contribution in [2.75, 3.05) is 12.3 Å². The highest BCUT2D eigenvalue weighted by atomic mass is 28.4. The average Bonchev–Trinajstić information content (AvgIpc) is 3.06. The molecule has 1 atom stereocenters. The van der Waals surface area contributed by atoms with Crippen molar-refractivity contribution in [1.82, 2.24) is 19.5 Å². The third-order valence-corrected chi connectivity index (χ3v) is 9.90. The van der Waals surface area contributed by atoms with Crippen LogP contribution >= 0.6 is 0 Å². The second-order valence-corrected chi connectivity index (χ2v) is 13.0. The summed E-state index contributed by atoms with van der Waals surface area (Å²) in [6, 6.07) is 0. The minimum atomic E-state index is -1.83. The van der Waals surface area contributed by atoms with Gasteiger partial charge in [0.15, 0.2) is 25.3 Å². The van der Waals surface area contributed by atoms with E-state index < -0.39 is 8.32 Å². The van der Waals surface area contributed by atoms with E-state index in [0.717, 1.165) is 12.0 Å². The van der Waals surface area contributed by atoms with E-state index in [1.165, 1.54) is 6.33 Å². The van der Waals surface area contributed by atoms with Crippen molar-refractivity contribution in [2.24, 2.45) is 5.41 Å². The molecular formula is C18H25N5OSi. The molecule has 1 saturated carbocycles. The van der Waals surface area contributed by atoms with Crippen LogP contribution in [0.25, 0.3) is 17.4 Å². The molecular weight excluding hydrogens is 330 g/mol. The third-order valence-electron chi connectivity index (χ3n) is 5.43. The van der Waals surface area contributed by atoms with Crippen LogP contribution in [0.15, 0.2) is 18.2 Å². The molecule has 0 saturated heterocycles. The summed E-state index contributed by atoms with van der Waals surface area (Å²) in [6.45, 7) is 11.7. The maximum atomic E-state index is 6.35. The van der Waals surface area contributed by atoms with E-state index in [9.17, 15) is 0 Å². The maximum Gasteiger partial charge on any atom is 0.192 e. The van der Waals surface area contributed by atoms with Crippen molar-refractivity contribution in [3.63, 3.8) is 0 Å². The Morgan fingerprint density at radius 3 is 2.76 bits per heavy atom. The standard InChI is InChI=1S/C18H25N5OSi/c1-7-18(10-24-25(5,6)17(2,3)4)8-13(18)9-23-12-22-14-15(19)20-11-21-16(14)23/h1,9,11-12H,8,10H2,2-6H3,(H2,19,20,21)/b13-9+. The Kier molecular flexibility index (Phi) is 4.01. The van der Waals surface area contributed by atoms with E-state index in [4.69, 9.17) is 16.6 Å². The molecule has 2 aromatic rings. The highest BCUT2D eigenvalue weighted by Gasteiger charge is 2.50. The van der Waals surface area contributed by atoms with E-state index in [2.05, 4.69) is 54.7 Å². The SMILES string of the molecule is C#CC1(CO[Si](C)(C)C(C)(C)C)C/C1=C\n1cnc2c(N)ncnc21. The van der Waals surface area contributed by atoms with E-state index in [1.54, 1.807) is 6.33 Å². The molecule has 2 N–H and O–H groups in total. The Morgan fingerprint density at radius 2 is 2.12 bits per heavy atom. The van der Waals surface area contributed by atoms with Crippen molar-refractivity contribution in [1.29, 1.82) is 0 Å². The summed E-state index contributed by atoms with van der Waals surface area (Å²) >= 11 is 0. The third kappa shape index (κ3) is 3.07. The molecule has 0 amide bonds. The van der Waals surface area contributed by atoms with Crippen molar-refractivity contribution in [3.8, 4) is 12.3 Å². The van der Waals surface area contributed by atoms with Crippen LogP contribution in [0.4, 0.5) is 5.82 Å². The first-order valence-corrected chi connectivity index (χ1v) is 11.3. The molecule has 1 unspecified atom stereocenters. The van der Waals surface area contributed by atoms with Crippen molar-refractivity contribution in [3.05, 3.63) is 18.2 Å². The molecule has 0 aromatic carbocycles. The molecule has 132 valence electrons. The van der Waals surface area contributed by atoms with Gasteiger partial charge in [-0.1, -0.05) is 26.7 Å². The summed E-state index contributed by atoms with van der Waals surface area (Å²) in [4.78, 5) is 12.5. The molecule has 3 rings (SSSR count). The predicted molar refractivity (Wildman–Crippen MR) is 103 cm³/mol. The quantitative estimate of drug-likeness (QED) is 0.672. The van der Waals surface area contributed by atoms with Crippen LogP contribution in [0, 0.1) is 17.8 Å². The molecule has 6 nitrogen and oxygen atoms in total. The fraction of sp³-hybridized carbons (Fsp3) is 0.500. The zero-order chi connectivity index (χ0) is 18.5. The minimum absolute atomic E-state index is 0.163. The number of aromatic nitrogens is 4. The van der Waals surface area contributed by atoms with Crippen LogP contribution in [0.2, 0.25) is 18.1 Å². The molecule has 1 aliphatic carbocycles. The summed E-state index contributed by atoms with van der Waals surface area (Å²) in [5.41, 5.74) is 7.96. The van der Waals surface area contributed by atoms with Gasteiger partial charge in [-0.3, -0.25) is 4.57 Å². The lowest BCUT2D eigenvalue weighted by Gasteiger charge is -2.36. The molecule has 7 heteroatoms. The molecule has 0 spiro atoms. The number of nitrogens with zero attached hydrogens (tertiary/aromatic N) is 4. The second-order valence-electron chi connectivity index (χ2n) is 8.19. The monoisotopic (exact) mass is 355 g/mol. The number of nitrogens with two attached hydrogens (primary N) is 1. The van der Waals surface area contributed by atoms with Gasteiger partial charge in [0, 0.05) is 6.20 Å². The Hall–Kier alpha value is -2.17. The van der Waals surface area contributed by atoms with Gasteiger partial charge in [0.25, 0.3) is 0 Å². The lowest BCUT2D eigenvalue weighted by Crippen LogP contribution is -2.42. The summed E-state index contributed by atoms with van der Waals surface area (Å²) in [5, 5.41) is 0.163. The van der Waals surface area contributed by atoms with E-state index in [-0.39, 0.29) is 10.5 Å². The average molecular weight is 356 g/mol. The second kappa shape index (κ2) is 5.68. The number of imidazole rings is 1. The van der Waals surface area contributed by atoms with Gasteiger partial charge in [0.05, 0.1) is 12.0 Å². The first-order chi connectivity index (χ1) is 11.6. The van der Waals surface area contributed by atoms with Crippen LogP contribution < -0.4 is 5.73 Å². The van der Waals surface area contributed by atoms with Crippen LogP contribution in [0.3, 0.4) is 0 Å². The van der Waals surface area contributed by atoms with Crippen LogP contribution in [-0.4, -0.2) is 34.4 Å². The number of hydrogen-bond acceptors (Lipinski definition) is 5. The lowest BCUT2D eigenvalue weighted by atomic mass is 10.1. The topological polar surface area (TPSA) is 78.9 Å². The van der Waals surface area contributed by atoms with Gasteiger partial charge in [-0.05, 0) is 30.1 Å². The van der Waals surface area contributed by atoms with E-state index in [1.807, 2.05) is 10.8 Å².